The number of sulfonamides is 2. The van der Waals surface area contributed by atoms with Gasteiger partial charge in [-0.1, -0.05) is 0 Å². The van der Waals surface area contributed by atoms with Gasteiger partial charge in [0.15, 0.2) is 0 Å². The number of halogens is 6. The third-order valence-electron chi connectivity index (χ3n) is 7.84. The van der Waals surface area contributed by atoms with Gasteiger partial charge in [0, 0.05) is 37.3 Å². The fourth-order valence-corrected chi connectivity index (χ4v) is 6.42. The first kappa shape index (κ1) is 43.5. The van der Waals surface area contributed by atoms with Gasteiger partial charge in [-0.2, -0.15) is 35.7 Å². The first-order chi connectivity index (χ1) is 27.2. The summed E-state index contributed by atoms with van der Waals surface area (Å²) in [6.45, 7) is 0.606. The SMILES string of the molecule is CC(=O)OCc1ccn(-c2cc3c(=O)n(NS(C)(=O)=O)c(=O)[nH]c3cc2C(F)(F)F)c1.CS(=O)(=O)Nn1c(=O)[nH]c2cc(C(F)(F)F)c(-n3ccc(CO)c3)cc2c1=O. The fraction of sp³-hybridized carbons (Fsp3) is 0.219. The second-order valence-corrected chi connectivity index (χ2v) is 15.9. The topological polar surface area (TPSA) is 258 Å². The summed E-state index contributed by atoms with van der Waals surface area (Å²) in [4.78, 5) is 67.6. The number of fused-ring (bicyclic) bond motifs is 2. The number of rotatable bonds is 9. The number of aromatic nitrogens is 6. The molecule has 0 amide bonds. The summed E-state index contributed by atoms with van der Waals surface area (Å²) < 4.78 is 134. The number of benzene rings is 2. The molecule has 316 valence electrons. The first-order valence-corrected chi connectivity index (χ1v) is 19.8. The lowest BCUT2D eigenvalue weighted by Gasteiger charge is -2.16. The smallest absolute Gasteiger partial charge is 0.418 e. The molecule has 6 aromatic rings. The average molecular weight is 879 g/mol. The standard InChI is InChI=1S/C17H15F3N4O6S.C15H13F3N4O5S/c1-9(25)30-8-10-3-4-23(7-10)14-5-11-13(6-12(14)17(18,19)20)21-16(27)24(15(11)26)22-31(2,28)29;1-28(26,27)20-22-13(24)9-4-12(21-3-2-8(6-21)7-23)10(15(16,17)18)5-11(9)19-14(22)25/h3-7,22H,8H2,1-2H3,(H,21,27);2-6,20,23H,7H2,1H3,(H,19,25). The Hall–Kier alpha value is -6.61. The second-order valence-electron chi connectivity index (χ2n) is 12.5. The first-order valence-electron chi connectivity index (χ1n) is 16.0. The summed E-state index contributed by atoms with van der Waals surface area (Å²) in [5.74, 6) is -0.572. The molecule has 0 saturated heterocycles. The van der Waals surface area contributed by atoms with E-state index in [4.69, 9.17) is 9.84 Å². The molecule has 4 heterocycles. The zero-order valence-corrected chi connectivity index (χ0v) is 31.7. The Morgan fingerprint density at radius 2 is 1.10 bits per heavy atom. The van der Waals surface area contributed by atoms with Crippen molar-refractivity contribution in [2.75, 3.05) is 22.2 Å². The van der Waals surface area contributed by atoms with Crippen molar-refractivity contribution in [3.8, 4) is 11.4 Å². The molecule has 19 nitrogen and oxygen atoms in total. The van der Waals surface area contributed by atoms with E-state index in [2.05, 4.69) is 9.97 Å². The fourth-order valence-electron chi connectivity index (χ4n) is 5.43. The van der Waals surface area contributed by atoms with E-state index < -0.39 is 101 Å². The summed E-state index contributed by atoms with van der Waals surface area (Å²) >= 11 is 0. The molecule has 27 heteroatoms. The predicted molar refractivity (Wildman–Crippen MR) is 196 cm³/mol. The number of nitrogens with zero attached hydrogens (tertiary/aromatic N) is 4. The monoisotopic (exact) mass is 878 g/mol. The highest BCUT2D eigenvalue weighted by Crippen LogP contribution is 2.37. The number of alkyl halides is 6. The number of hydrogen-bond acceptors (Lipinski definition) is 11. The second kappa shape index (κ2) is 15.6. The van der Waals surface area contributed by atoms with Crippen LogP contribution in [0.25, 0.3) is 33.2 Å². The van der Waals surface area contributed by atoms with Crippen molar-refractivity contribution in [1.29, 1.82) is 0 Å². The molecule has 0 saturated carbocycles. The molecular formula is C32H28F6N8O11S2. The van der Waals surface area contributed by atoms with E-state index in [0.717, 1.165) is 21.3 Å². The van der Waals surface area contributed by atoms with E-state index in [1.54, 1.807) is 9.66 Å². The average Bonchev–Trinajstić information content (AvgIpc) is 3.79. The number of H-pyrrole nitrogens is 2. The molecule has 0 aliphatic carbocycles. The Balaban J connectivity index is 0.000000225. The van der Waals surface area contributed by atoms with Crippen molar-refractivity contribution in [3.05, 3.63) is 125 Å². The maximum Gasteiger partial charge on any atom is 0.418 e. The molecule has 2 aromatic carbocycles. The number of aliphatic hydroxyl groups is 1. The molecule has 0 unspecified atom stereocenters. The lowest BCUT2D eigenvalue weighted by atomic mass is 10.1. The molecule has 0 aliphatic rings. The van der Waals surface area contributed by atoms with Crippen LogP contribution >= 0.6 is 0 Å². The van der Waals surface area contributed by atoms with Gasteiger partial charge in [-0.15, -0.1) is 0 Å². The molecule has 4 aromatic heterocycles. The lowest BCUT2D eigenvalue weighted by molar-refractivity contribution is -0.142. The van der Waals surface area contributed by atoms with Crippen LogP contribution in [-0.4, -0.2) is 68.9 Å². The number of ether oxygens (including phenoxy) is 1. The Labute approximate surface area is 324 Å². The highest BCUT2D eigenvalue weighted by Gasteiger charge is 2.36. The van der Waals surface area contributed by atoms with Crippen LogP contribution in [0.1, 0.15) is 29.2 Å². The normalized spacial score (nSPS) is 12.3. The highest BCUT2D eigenvalue weighted by atomic mass is 32.2. The molecular weight excluding hydrogens is 851 g/mol. The quantitative estimate of drug-likeness (QED) is 0.103. The van der Waals surface area contributed by atoms with Crippen LogP contribution in [0.3, 0.4) is 0 Å². The van der Waals surface area contributed by atoms with Gasteiger partial charge in [0.2, 0.25) is 20.0 Å². The number of nitrogens with one attached hydrogen (secondary N) is 4. The minimum absolute atomic E-state index is 0.149. The van der Waals surface area contributed by atoms with Crippen molar-refractivity contribution in [1.82, 2.24) is 28.5 Å². The number of aromatic amines is 2. The van der Waals surface area contributed by atoms with E-state index in [-0.39, 0.29) is 26.7 Å². The number of esters is 1. The van der Waals surface area contributed by atoms with Crippen molar-refractivity contribution < 1.29 is 57.8 Å². The molecule has 0 fully saturated rings. The molecule has 0 radical (unpaired) electrons. The lowest BCUT2D eigenvalue weighted by Crippen LogP contribution is -2.43. The largest absolute Gasteiger partial charge is 0.461 e. The zero-order valence-electron chi connectivity index (χ0n) is 30.1. The summed E-state index contributed by atoms with van der Waals surface area (Å²) in [6, 6.07) is 5.76. The van der Waals surface area contributed by atoms with Crippen molar-refractivity contribution in [3.63, 3.8) is 0 Å². The van der Waals surface area contributed by atoms with Crippen LogP contribution in [0.2, 0.25) is 0 Å². The van der Waals surface area contributed by atoms with Crippen molar-refractivity contribution in [2.45, 2.75) is 32.5 Å². The van der Waals surface area contributed by atoms with E-state index >= 15 is 0 Å². The number of hydrogen-bond donors (Lipinski definition) is 5. The molecule has 0 spiro atoms. The van der Waals surface area contributed by atoms with Crippen LogP contribution < -0.4 is 32.2 Å². The maximum atomic E-state index is 13.7. The van der Waals surface area contributed by atoms with Gasteiger partial charge < -0.3 is 28.9 Å². The number of carbonyl (C=O) groups is 1. The Morgan fingerprint density at radius 3 is 1.44 bits per heavy atom. The van der Waals surface area contributed by atoms with Gasteiger partial charge in [-0.25, -0.2) is 36.1 Å². The molecule has 0 atom stereocenters. The molecule has 5 N–H and O–H groups in total. The predicted octanol–water partition coefficient (Wildman–Crippen LogP) is 1.56. The summed E-state index contributed by atoms with van der Waals surface area (Å²) in [5, 5.41) is 8.41. The van der Waals surface area contributed by atoms with Gasteiger partial charge >= 0.3 is 29.7 Å². The van der Waals surface area contributed by atoms with Gasteiger partial charge in [-0.05, 0) is 42.0 Å². The van der Waals surface area contributed by atoms with Crippen molar-refractivity contribution >= 4 is 47.8 Å². The van der Waals surface area contributed by atoms with Gasteiger partial charge in [0.25, 0.3) is 11.1 Å². The van der Waals surface area contributed by atoms with Gasteiger partial charge in [-0.3, -0.25) is 14.4 Å². The van der Waals surface area contributed by atoms with E-state index in [1.165, 1.54) is 43.8 Å². The van der Waals surface area contributed by atoms with Gasteiger partial charge in [0.1, 0.15) is 6.61 Å². The highest BCUT2D eigenvalue weighted by molar-refractivity contribution is 7.91. The van der Waals surface area contributed by atoms with Crippen LogP contribution in [0.5, 0.6) is 0 Å². The Bertz CT molecular complexity index is 3110. The van der Waals surface area contributed by atoms with Gasteiger partial charge in [0.05, 0.1) is 63.4 Å². The summed E-state index contributed by atoms with van der Waals surface area (Å²) in [5.41, 5.74) is -8.09. The van der Waals surface area contributed by atoms with Crippen LogP contribution in [0.4, 0.5) is 26.3 Å². The Morgan fingerprint density at radius 1 is 0.712 bits per heavy atom. The third-order valence-corrected chi connectivity index (χ3v) is 8.87. The minimum atomic E-state index is -4.85. The number of carbonyl (C=O) groups excluding carboxylic acids is 1. The van der Waals surface area contributed by atoms with E-state index in [1.807, 2.05) is 0 Å². The van der Waals surface area contributed by atoms with Crippen LogP contribution in [0, 0.1) is 0 Å². The van der Waals surface area contributed by atoms with E-state index in [0.29, 0.717) is 35.8 Å². The third kappa shape index (κ3) is 9.92. The summed E-state index contributed by atoms with van der Waals surface area (Å²) in [7, 11) is -8.03. The van der Waals surface area contributed by atoms with Crippen LogP contribution in [0.15, 0.2) is 80.4 Å². The van der Waals surface area contributed by atoms with Crippen molar-refractivity contribution in [2.24, 2.45) is 0 Å². The molecule has 0 bridgehead atoms. The minimum Gasteiger partial charge on any atom is -0.461 e. The maximum absolute atomic E-state index is 13.7. The van der Waals surface area contributed by atoms with Crippen LogP contribution in [-0.2, 0) is 55.1 Å². The number of aliphatic hydroxyl groups excluding tert-OH is 1. The van der Waals surface area contributed by atoms with E-state index in [9.17, 15) is 67.2 Å². The Kier molecular flexibility index (Phi) is 11.5. The summed E-state index contributed by atoms with van der Waals surface area (Å²) in [6.07, 6.45) is -3.20. The molecule has 0 aliphatic heterocycles. The molecule has 6 rings (SSSR count). The molecule has 59 heavy (non-hydrogen) atoms. The zero-order chi connectivity index (χ0) is 44.0.